The number of rotatable bonds is 52. The third-order valence-electron chi connectivity index (χ3n) is 13.2. The molecule has 0 saturated heterocycles. The number of aliphatic hydroxyl groups is 2. The molecule has 6 heteroatoms. The van der Waals surface area contributed by atoms with Gasteiger partial charge in [0.15, 0.2) is 0 Å². The maximum absolute atomic E-state index is 13.3. The molecular weight excluding hydrogens is 815 g/mol. The van der Waals surface area contributed by atoms with Crippen LogP contribution < -0.4 is 5.32 Å². The van der Waals surface area contributed by atoms with Crippen molar-refractivity contribution in [1.82, 2.24) is 5.32 Å². The summed E-state index contributed by atoms with van der Waals surface area (Å²) >= 11 is 0. The van der Waals surface area contributed by atoms with Gasteiger partial charge in [0, 0.05) is 6.42 Å². The molecule has 3 unspecified atom stereocenters. The van der Waals surface area contributed by atoms with Crippen LogP contribution in [0.3, 0.4) is 0 Å². The van der Waals surface area contributed by atoms with E-state index >= 15 is 0 Å². The summed E-state index contributed by atoms with van der Waals surface area (Å²) in [5.74, 6) is -0.491. The van der Waals surface area contributed by atoms with Crippen LogP contribution in [0.5, 0.6) is 0 Å². The van der Waals surface area contributed by atoms with Gasteiger partial charge in [-0.25, -0.2) is 0 Å². The summed E-state index contributed by atoms with van der Waals surface area (Å²) in [6.45, 7) is 6.45. The summed E-state index contributed by atoms with van der Waals surface area (Å²) < 4.78 is 5.95. The van der Waals surface area contributed by atoms with Crippen LogP contribution in [0, 0.1) is 0 Å². The van der Waals surface area contributed by atoms with Crippen molar-refractivity contribution < 1.29 is 24.5 Å². The first-order valence-corrected chi connectivity index (χ1v) is 28.9. The fraction of sp³-hybridized carbons (Fsp3) is 0.833. The van der Waals surface area contributed by atoms with Crippen LogP contribution in [-0.2, 0) is 14.3 Å². The molecule has 0 rings (SSSR count). The smallest absolute Gasteiger partial charge is 0.306 e. The molecule has 0 aromatic rings. The Morgan fingerprint density at radius 2 is 0.818 bits per heavy atom. The molecule has 0 heterocycles. The van der Waals surface area contributed by atoms with Crippen molar-refractivity contribution in [3.8, 4) is 0 Å². The zero-order chi connectivity index (χ0) is 48.1. The Labute approximate surface area is 410 Å². The topological polar surface area (TPSA) is 95.9 Å². The summed E-state index contributed by atoms with van der Waals surface area (Å²) in [5.41, 5.74) is 0. The number of ether oxygens (including phenoxy) is 1. The number of hydrogen-bond acceptors (Lipinski definition) is 5. The van der Waals surface area contributed by atoms with Gasteiger partial charge >= 0.3 is 5.97 Å². The number of esters is 1. The minimum absolute atomic E-state index is 0.0645. The van der Waals surface area contributed by atoms with Crippen LogP contribution in [0.15, 0.2) is 48.6 Å². The SMILES string of the molecule is CCCCC/C=C\C/C=C\CCCCCCCC(CC(=O)NC(CO)C(O)CCCCCCCCCCCCCCCCCCC)OC(=O)CCCCCCCC/C=C/C=C/CCCCC. The Balaban J connectivity index is 4.56. The van der Waals surface area contributed by atoms with Gasteiger partial charge < -0.3 is 20.3 Å². The van der Waals surface area contributed by atoms with Crippen molar-refractivity contribution in [2.75, 3.05) is 6.61 Å². The lowest BCUT2D eigenvalue weighted by molar-refractivity contribution is -0.151. The number of allylic oxidation sites excluding steroid dienone is 8. The molecule has 0 saturated carbocycles. The molecule has 66 heavy (non-hydrogen) atoms. The highest BCUT2D eigenvalue weighted by atomic mass is 16.5. The molecule has 6 nitrogen and oxygen atoms in total. The number of carbonyl (C=O) groups is 2. The number of aliphatic hydroxyl groups excluding tert-OH is 2. The summed E-state index contributed by atoms with van der Waals surface area (Å²) in [7, 11) is 0. The van der Waals surface area contributed by atoms with Gasteiger partial charge in [-0.15, -0.1) is 0 Å². The predicted octanol–water partition coefficient (Wildman–Crippen LogP) is 17.8. The largest absolute Gasteiger partial charge is 0.462 e. The van der Waals surface area contributed by atoms with Gasteiger partial charge in [0.2, 0.25) is 5.91 Å². The van der Waals surface area contributed by atoms with E-state index in [0.29, 0.717) is 19.3 Å². The molecule has 386 valence electrons. The van der Waals surface area contributed by atoms with E-state index < -0.39 is 18.2 Å². The maximum atomic E-state index is 13.3. The zero-order valence-corrected chi connectivity index (χ0v) is 44.1. The fourth-order valence-electron chi connectivity index (χ4n) is 8.75. The number of amides is 1. The van der Waals surface area contributed by atoms with Gasteiger partial charge in [0.25, 0.3) is 0 Å². The van der Waals surface area contributed by atoms with E-state index in [9.17, 15) is 19.8 Å². The average molecular weight is 927 g/mol. The minimum atomic E-state index is -0.795. The van der Waals surface area contributed by atoms with Crippen molar-refractivity contribution in [2.45, 2.75) is 315 Å². The molecule has 0 aromatic heterocycles. The second-order valence-corrected chi connectivity index (χ2v) is 19.7. The third-order valence-corrected chi connectivity index (χ3v) is 13.2. The summed E-state index contributed by atoms with van der Waals surface area (Å²) in [6, 6.07) is -0.709. The molecule has 1 amide bonds. The highest BCUT2D eigenvalue weighted by molar-refractivity contribution is 5.77. The standard InChI is InChI=1S/C60H111NO5/c1-4-7-10-13-16-19-22-25-28-29-32-34-37-40-43-46-49-52-58(63)57(55-62)61-59(64)54-56(51-48-45-42-39-36-33-30-26-23-20-17-14-11-8-5-2)66-60(65)53-50-47-44-41-38-35-31-27-24-21-18-15-12-9-6-3/h17-18,20-21,24,26-27,30,56-58,62-63H,4-16,19,22-23,25,28-29,31-55H2,1-3H3,(H,61,64)/b20-17-,21-18+,27-24+,30-26-. The van der Waals surface area contributed by atoms with E-state index in [1.54, 1.807) is 0 Å². The molecule has 3 atom stereocenters. The van der Waals surface area contributed by atoms with Crippen LogP contribution in [0.25, 0.3) is 0 Å². The number of nitrogens with one attached hydrogen (secondary N) is 1. The molecule has 3 N–H and O–H groups in total. The lowest BCUT2D eigenvalue weighted by Gasteiger charge is -2.24. The van der Waals surface area contributed by atoms with Gasteiger partial charge in [-0.3, -0.25) is 9.59 Å². The van der Waals surface area contributed by atoms with E-state index in [-0.39, 0.29) is 24.9 Å². The van der Waals surface area contributed by atoms with Crippen molar-refractivity contribution >= 4 is 11.9 Å². The molecule has 0 bridgehead atoms. The number of hydrogen-bond donors (Lipinski definition) is 3. The van der Waals surface area contributed by atoms with Gasteiger partial charge in [-0.1, -0.05) is 249 Å². The van der Waals surface area contributed by atoms with Crippen molar-refractivity contribution in [1.29, 1.82) is 0 Å². The number of carbonyl (C=O) groups excluding carboxylic acids is 2. The van der Waals surface area contributed by atoms with Gasteiger partial charge in [0.1, 0.15) is 6.10 Å². The van der Waals surface area contributed by atoms with Crippen molar-refractivity contribution in [3.05, 3.63) is 48.6 Å². The Morgan fingerprint density at radius 1 is 0.455 bits per heavy atom. The van der Waals surface area contributed by atoms with Crippen LogP contribution in [-0.4, -0.2) is 46.9 Å². The fourth-order valence-corrected chi connectivity index (χ4v) is 8.75. The van der Waals surface area contributed by atoms with Crippen LogP contribution >= 0.6 is 0 Å². The summed E-state index contributed by atoms with van der Waals surface area (Å²) in [5, 5.41) is 23.9. The molecule has 0 aromatic carbocycles. The Bertz CT molecular complexity index is 1130. The van der Waals surface area contributed by atoms with Gasteiger partial charge in [-0.2, -0.15) is 0 Å². The lowest BCUT2D eigenvalue weighted by atomic mass is 10.0. The van der Waals surface area contributed by atoms with E-state index in [1.807, 2.05) is 0 Å². The normalized spacial score (nSPS) is 13.5. The highest BCUT2D eigenvalue weighted by Gasteiger charge is 2.24. The zero-order valence-electron chi connectivity index (χ0n) is 44.1. The third kappa shape index (κ3) is 48.3. The Morgan fingerprint density at radius 3 is 1.27 bits per heavy atom. The molecule has 0 radical (unpaired) electrons. The van der Waals surface area contributed by atoms with Crippen LogP contribution in [0.4, 0.5) is 0 Å². The first-order chi connectivity index (χ1) is 32.5. The van der Waals surface area contributed by atoms with E-state index in [1.165, 1.54) is 173 Å². The molecule has 0 aliphatic carbocycles. The monoisotopic (exact) mass is 926 g/mol. The van der Waals surface area contributed by atoms with Crippen molar-refractivity contribution in [3.63, 3.8) is 0 Å². The molecular formula is C60H111NO5. The summed E-state index contributed by atoms with van der Waals surface area (Å²) in [6.07, 6.45) is 66.0. The minimum Gasteiger partial charge on any atom is -0.462 e. The lowest BCUT2D eigenvalue weighted by Crippen LogP contribution is -2.46. The van der Waals surface area contributed by atoms with Gasteiger partial charge in [0.05, 0.1) is 25.2 Å². The van der Waals surface area contributed by atoms with E-state index in [0.717, 1.165) is 77.0 Å². The molecule has 0 aliphatic rings. The quantitative estimate of drug-likeness (QED) is 0.0244. The molecule has 0 spiro atoms. The summed E-state index contributed by atoms with van der Waals surface area (Å²) in [4.78, 5) is 26.3. The Hall–Kier alpha value is -2.18. The maximum Gasteiger partial charge on any atom is 0.306 e. The van der Waals surface area contributed by atoms with Crippen LogP contribution in [0.2, 0.25) is 0 Å². The molecule has 0 fully saturated rings. The van der Waals surface area contributed by atoms with E-state index in [2.05, 4.69) is 74.7 Å². The van der Waals surface area contributed by atoms with Crippen LogP contribution in [0.1, 0.15) is 297 Å². The highest BCUT2D eigenvalue weighted by Crippen LogP contribution is 2.18. The first kappa shape index (κ1) is 63.8. The average Bonchev–Trinajstić information content (AvgIpc) is 3.31. The van der Waals surface area contributed by atoms with Crippen molar-refractivity contribution in [2.24, 2.45) is 0 Å². The number of unbranched alkanes of at least 4 members (excludes halogenated alkanes) is 33. The molecule has 0 aliphatic heterocycles. The Kier molecular flexibility index (Phi) is 52.0. The second-order valence-electron chi connectivity index (χ2n) is 19.7. The van der Waals surface area contributed by atoms with E-state index in [4.69, 9.17) is 4.74 Å². The first-order valence-electron chi connectivity index (χ1n) is 28.9. The van der Waals surface area contributed by atoms with Gasteiger partial charge in [-0.05, 0) is 83.5 Å². The predicted molar refractivity (Wildman–Crippen MR) is 287 cm³/mol. The second kappa shape index (κ2) is 53.8.